The molecule has 0 spiro atoms. The van der Waals surface area contributed by atoms with Gasteiger partial charge in [0.05, 0.1) is 6.54 Å². The predicted octanol–water partition coefficient (Wildman–Crippen LogP) is 3.03. The molecule has 0 radical (unpaired) electrons. The van der Waals surface area contributed by atoms with Gasteiger partial charge in [-0.1, -0.05) is 12.1 Å². The van der Waals surface area contributed by atoms with Crippen LogP contribution in [0.2, 0.25) is 0 Å². The molecule has 9 heteroatoms. The van der Waals surface area contributed by atoms with Crippen molar-refractivity contribution in [3.63, 3.8) is 0 Å². The Labute approximate surface area is 170 Å². The van der Waals surface area contributed by atoms with E-state index in [4.69, 9.17) is 5.73 Å². The second-order valence-electron chi connectivity index (χ2n) is 5.45. The first-order valence-corrected chi connectivity index (χ1v) is 9.76. The number of sulfonamides is 1. The minimum atomic E-state index is -3.44. The largest absolute Gasteiger partial charge is 0.370 e. The van der Waals surface area contributed by atoms with Crippen molar-refractivity contribution in [2.24, 2.45) is 10.7 Å². The summed E-state index contributed by atoms with van der Waals surface area (Å²) in [5.74, 6) is 0.264. The van der Waals surface area contributed by atoms with Crippen LogP contribution >= 0.6 is 35.3 Å². The Balaban J connectivity index is 0.00000312. The van der Waals surface area contributed by atoms with E-state index in [9.17, 15) is 8.42 Å². The molecule has 138 valence electrons. The van der Waals surface area contributed by atoms with Gasteiger partial charge in [-0.3, -0.25) is 4.99 Å². The maximum absolute atomic E-state index is 12.3. The normalized spacial score (nSPS) is 12.1. The Morgan fingerprint density at radius 1 is 1.28 bits per heavy atom. The Hall–Kier alpha value is -1.17. The van der Waals surface area contributed by atoms with E-state index in [0.717, 1.165) is 11.3 Å². The van der Waals surface area contributed by atoms with Crippen LogP contribution in [-0.4, -0.2) is 38.8 Å². The molecule has 0 bridgehead atoms. The third-order valence-corrected chi connectivity index (χ3v) is 6.87. The summed E-state index contributed by atoms with van der Waals surface area (Å²) >= 11 is 1.20. The van der Waals surface area contributed by atoms with E-state index in [-0.39, 0.29) is 43.0 Å². The van der Waals surface area contributed by atoms with E-state index in [1.807, 2.05) is 32.0 Å². The van der Waals surface area contributed by atoms with Gasteiger partial charge in [0.1, 0.15) is 4.21 Å². The number of halogens is 1. The molecular formula is C16H23IN4O2S2. The average Bonchev–Trinajstić information content (AvgIpc) is 3.06. The molecule has 0 amide bonds. The van der Waals surface area contributed by atoms with E-state index in [1.54, 1.807) is 17.5 Å². The number of hydrogen-bond donors (Lipinski definition) is 2. The SMILES string of the molecule is Cc1ccc(NC(N)=NCCN(C)S(=O)(=O)c2cccs2)cc1C.I. The summed E-state index contributed by atoms with van der Waals surface area (Å²) < 4.78 is 26.2. The molecule has 0 aliphatic heterocycles. The zero-order chi connectivity index (χ0) is 17.7. The predicted molar refractivity (Wildman–Crippen MR) is 116 cm³/mol. The second kappa shape index (κ2) is 9.51. The first-order chi connectivity index (χ1) is 11.3. The number of anilines is 1. The van der Waals surface area contributed by atoms with Crippen LogP contribution in [0.4, 0.5) is 5.69 Å². The number of rotatable bonds is 6. The number of benzene rings is 1. The minimum Gasteiger partial charge on any atom is -0.370 e. The number of aliphatic imine (C=N–C) groups is 1. The lowest BCUT2D eigenvalue weighted by molar-refractivity contribution is 0.479. The highest BCUT2D eigenvalue weighted by atomic mass is 127. The number of nitrogens with zero attached hydrogens (tertiary/aromatic N) is 2. The molecule has 25 heavy (non-hydrogen) atoms. The van der Waals surface area contributed by atoms with E-state index >= 15 is 0 Å². The van der Waals surface area contributed by atoms with Gasteiger partial charge in [0.2, 0.25) is 0 Å². The number of nitrogens with one attached hydrogen (secondary N) is 1. The molecule has 0 saturated carbocycles. The highest BCUT2D eigenvalue weighted by Gasteiger charge is 2.20. The summed E-state index contributed by atoms with van der Waals surface area (Å²) in [6.07, 6.45) is 0. The molecule has 0 aliphatic carbocycles. The number of guanidine groups is 1. The van der Waals surface area contributed by atoms with Crippen molar-refractivity contribution in [1.82, 2.24) is 4.31 Å². The molecule has 6 nitrogen and oxygen atoms in total. The van der Waals surface area contributed by atoms with E-state index < -0.39 is 10.0 Å². The lowest BCUT2D eigenvalue weighted by Crippen LogP contribution is -2.30. The number of thiophene rings is 1. The summed E-state index contributed by atoms with van der Waals surface area (Å²) in [5, 5.41) is 4.75. The van der Waals surface area contributed by atoms with Gasteiger partial charge in [-0.25, -0.2) is 8.42 Å². The average molecular weight is 494 g/mol. The van der Waals surface area contributed by atoms with Gasteiger partial charge >= 0.3 is 0 Å². The van der Waals surface area contributed by atoms with Crippen molar-refractivity contribution in [2.45, 2.75) is 18.1 Å². The summed E-state index contributed by atoms with van der Waals surface area (Å²) in [6.45, 7) is 4.61. The number of nitrogens with two attached hydrogens (primary N) is 1. The number of aryl methyl sites for hydroxylation is 2. The van der Waals surface area contributed by atoms with Crippen LogP contribution in [0.1, 0.15) is 11.1 Å². The molecular weight excluding hydrogens is 471 g/mol. The molecule has 0 saturated heterocycles. The fraction of sp³-hybridized carbons (Fsp3) is 0.312. The van der Waals surface area contributed by atoms with Crippen LogP contribution in [-0.2, 0) is 10.0 Å². The van der Waals surface area contributed by atoms with E-state index in [0.29, 0.717) is 4.21 Å². The maximum atomic E-state index is 12.3. The van der Waals surface area contributed by atoms with Gasteiger partial charge in [0.25, 0.3) is 10.0 Å². The standard InChI is InChI=1S/C16H22N4O2S2.HI/c1-12-6-7-14(11-13(12)2)19-16(17)18-8-9-20(3)24(21,22)15-5-4-10-23-15;/h4-7,10-11H,8-9H2,1-3H3,(H3,17,18,19);1H. The van der Waals surface area contributed by atoms with Gasteiger partial charge < -0.3 is 11.1 Å². The van der Waals surface area contributed by atoms with Gasteiger partial charge in [-0.15, -0.1) is 35.3 Å². The number of likely N-dealkylation sites (N-methyl/N-ethyl adjacent to an activating group) is 1. The summed E-state index contributed by atoms with van der Waals surface area (Å²) in [6, 6.07) is 9.24. The molecule has 0 atom stereocenters. The molecule has 1 aromatic carbocycles. The first-order valence-electron chi connectivity index (χ1n) is 7.45. The Morgan fingerprint density at radius 3 is 2.60 bits per heavy atom. The van der Waals surface area contributed by atoms with E-state index in [2.05, 4.69) is 10.3 Å². The van der Waals surface area contributed by atoms with Gasteiger partial charge in [-0.05, 0) is 48.6 Å². The zero-order valence-corrected chi connectivity index (χ0v) is 18.4. The lowest BCUT2D eigenvalue weighted by Gasteiger charge is -2.15. The van der Waals surface area contributed by atoms with Crippen LogP contribution in [0, 0.1) is 13.8 Å². The Bertz CT molecular complexity index is 821. The topological polar surface area (TPSA) is 87.8 Å². The second-order valence-corrected chi connectivity index (χ2v) is 8.67. The highest BCUT2D eigenvalue weighted by molar-refractivity contribution is 14.0. The van der Waals surface area contributed by atoms with Crippen LogP contribution in [0.15, 0.2) is 44.9 Å². The number of hydrogen-bond acceptors (Lipinski definition) is 4. The van der Waals surface area contributed by atoms with Gasteiger partial charge in [-0.2, -0.15) is 4.31 Å². The summed E-state index contributed by atoms with van der Waals surface area (Å²) in [4.78, 5) is 4.19. The van der Waals surface area contributed by atoms with Crippen molar-refractivity contribution in [3.05, 3.63) is 46.8 Å². The summed E-state index contributed by atoms with van der Waals surface area (Å²) in [5.41, 5.74) is 9.08. The fourth-order valence-electron chi connectivity index (χ4n) is 2.00. The van der Waals surface area contributed by atoms with Crippen molar-refractivity contribution < 1.29 is 8.42 Å². The Morgan fingerprint density at radius 2 is 2.00 bits per heavy atom. The van der Waals surface area contributed by atoms with Crippen molar-refractivity contribution >= 4 is 57.0 Å². The Kier molecular flexibility index (Phi) is 8.32. The van der Waals surface area contributed by atoms with Crippen molar-refractivity contribution in [3.8, 4) is 0 Å². The molecule has 0 fully saturated rings. The smallest absolute Gasteiger partial charge is 0.252 e. The molecule has 1 heterocycles. The van der Waals surface area contributed by atoms with Crippen molar-refractivity contribution in [1.29, 1.82) is 0 Å². The fourth-order valence-corrected chi connectivity index (χ4v) is 4.36. The van der Waals surface area contributed by atoms with E-state index in [1.165, 1.54) is 28.3 Å². The molecule has 2 rings (SSSR count). The maximum Gasteiger partial charge on any atom is 0.252 e. The van der Waals surface area contributed by atoms with Crippen LogP contribution in [0.3, 0.4) is 0 Å². The molecule has 2 aromatic rings. The lowest BCUT2D eigenvalue weighted by atomic mass is 10.1. The molecule has 0 unspecified atom stereocenters. The molecule has 0 aliphatic rings. The molecule has 1 aromatic heterocycles. The monoisotopic (exact) mass is 494 g/mol. The quantitative estimate of drug-likeness (QED) is 0.367. The molecule has 3 N–H and O–H groups in total. The van der Waals surface area contributed by atoms with Crippen molar-refractivity contribution in [2.75, 3.05) is 25.5 Å². The third-order valence-electron chi connectivity index (χ3n) is 3.64. The van der Waals surface area contributed by atoms with Crippen LogP contribution < -0.4 is 11.1 Å². The van der Waals surface area contributed by atoms with Crippen LogP contribution in [0.5, 0.6) is 0 Å². The minimum absolute atomic E-state index is 0. The first kappa shape index (κ1) is 21.9. The summed E-state index contributed by atoms with van der Waals surface area (Å²) in [7, 11) is -1.90. The highest BCUT2D eigenvalue weighted by Crippen LogP contribution is 2.19. The van der Waals surface area contributed by atoms with Gasteiger partial charge in [0.15, 0.2) is 5.96 Å². The van der Waals surface area contributed by atoms with Crippen LogP contribution in [0.25, 0.3) is 0 Å². The third kappa shape index (κ3) is 5.94. The van der Waals surface area contributed by atoms with Gasteiger partial charge in [0, 0.05) is 19.3 Å². The zero-order valence-electron chi connectivity index (χ0n) is 14.4.